The predicted molar refractivity (Wildman–Crippen MR) is 121 cm³/mol. The highest BCUT2D eigenvalue weighted by Gasteiger charge is 2.20. The van der Waals surface area contributed by atoms with Gasteiger partial charge in [0.2, 0.25) is 0 Å². The van der Waals surface area contributed by atoms with E-state index in [1.807, 2.05) is 44.2 Å². The lowest BCUT2D eigenvalue weighted by Crippen LogP contribution is -2.42. The molecule has 3 rings (SSSR count). The maximum atomic E-state index is 12.7. The lowest BCUT2D eigenvalue weighted by molar-refractivity contribution is -0.142. The second kappa shape index (κ2) is 10.1. The first kappa shape index (κ1) is 23.1. The summed E-state index contributed by atoms with van der Waals surface area (Å²) >= 11 is 0. The number of aryl methyl sites for hydroxylation is 2. The van der Waals surface area contributed by atoms with E-state index in [0.29, 0.717) is 41.7 Å². The molecule has 7 nitrogen and oxygen atoms in total. The van der Waals surface area contributed by atoms with Crippen LogP contribution in [-0.2, 0) is 16.0 Å². The largest absolute Gasteiger partial charge is 0.483 e. The molecule has 2 N–H and O–H groups in total. The zero-order chi connectivity index (χ0) is 23.3. The SMILES string of the molecule is CCCC(NC(=O)COc1ccc2c(C)c(Cc3ccccc3)c(=O)oc2c1C)C(=O)O. The van der Waals surface area contributed by atoms with Crippen LogP contribution < -0.4 is 15.7 Å². The molecule has 0 spiro atoms. The van der Waals surface area contributed by atoms with Crippen LogP contribution in [-0.4, -0.2) is 29.6 Å². The van der Waals surface area contributed by atoms with Crippen LogP contribution in [0.2, 0.25) is 0 Å². The number of carbonyl (C=O) groups is 2. The molecule has 1 unspecified atom stereocenters. The lowest BCUT2D eigenvalue weighted by atomic mass is 9.98. The van der Waals surface area contributed by atoms with Gasteiger partial charge in [-0.1, -0.05) is 43.7 Å². The van der Waals surface area contributed by atoms with Gasteiger partial charge in [-0.15, -0.1) is 0 Å². The van der Waals surface area contributed by atoms with Crippen LogP contribution in [0.4, 0.5) is 0 Å². The van der Waals surface area contributed by atoms with Crippen LogP contribution in [0.1, 0.15) is 42.0 Å². The highest BCUT2D eigenvalue weighted by molar-refractivity contribution is 5.86. The number of carboxylic acid groups (broad SMARTS) is 1. The summed E-state index contributed by atoms with van der Waals surface area (Å²) in [6.07, 6.45) is 1.45. The zero-order valence-corrected chi connectivity index (χ0v) is 18.4. The van der Waals surface area contributed by atoms with Crippen LogP contribution in [0, 0.1) is 13.8 Å². The van der Waals surface area contributed by atoms with E-state index in [-0.39, 0.29) is 6.61 Å². The van der Waals surface area contributed by atoms with Crippen molar-refractivity contribution in [3.05, 3.63) is 75.1 Å². The fourth-order valence-electron chi connectivity index (χ4n) is 3.66. The lowest BCUT2D eigenvalue weighted by Gasteiger charge is -2.15. The summed E-state index contributed by atoms with van der Waals surface area (Å²) in [5.74, 6) is -1.21. The number of fused-ring (bicyclic) bond motifs is 1. The van der Waals surface area contributed by atoms with E-state index >= 15 is 0 Å². The topological polar surface area (TPSA) is 106 Å². The smallest absolute Gasteiger partial charge is 0.340 e. The van der Waals surface area contributed by atoms with Gasteiger partial charge in [-0.25, -0.2) is 9.59 Å². The van der Waals surface area contributed by atoms with Gasteiger partial charge in [0.15, 0.2) is 6.61 Å². The third kappa shape index (κ3) is 5.17. The molecule has 7 heteroatoms. The van der Waals surface area contributed by atoms with Gasteiger partial charge >= 0.3 is 11.6 Å². The van der Waals surface area contributed by atoms with Crippen molar-refractivity contribution in [2.24, 2.45) is 0 Å². The number of benzene rings is 2. The van der Waals surface area contributed by atoms with E-state index < -0.39 is 23.5 Å². The molecule has 0 saturated carbocycles. The summed E-state index contributed by atoms with van der Waals surface area (Å²) in [4.78, 5) is 36.1. The summed E-state index contributed by atoms with van der Waals surface area (Å²) in [6.45, 7) is 5.16. The fraction of sp³-hybridized carbons (Fsp3) is 0.320. The average molecular weight is 437 g/mol. The van der Waals surface area contributed by atoms with Gasteiger partial charge in [0.05, 0.1) is 0 Å². The first-order valence-electron chi connectivity index (χ1n) is 10.6. The molecule has 32 heavy (non-hydrogen) atoms. The third-order valence-corrected chi connectivity index (χ3v) is 5.45. The number of rotatable bonds is 9. The van der Waals surface area contributed by atoms with Crippen LogP contribution in [0.5, 0.6) is 5.75 Å². The van der Waals surface area contributed by atoms with E-state index in [1.54, 1.807) is 19.1 Å². The Labute approximate surface area is 186 Å². The predicted octanol–water partition coefficient (Wildman–Crippen LogP) is 3.75. The fourth-order valence-corrected chi connectivity index (χ4v) is 3.66. The molecule has 0 saturated heterocycles. The molecule has 0 radical (unpaired) electrons. The molecule has 1 amide bonds. The molecular formula is C25H27NO6. The van der Waals surface area contributed by atoms with Crippen molar-refractivity contribution in [3.63, 3.8) is 0 Å². The molecular weight excluding hydrogens is 410 g/mol. The molecule has 1 heterocycles. The number of hydrogen-bond acceptors (Lipinski definition) is 5. The first-order valence-corrected chi connectivity index (χ1v) is 10.6. The van der Waals surface area contributed by atoms with E-state index in [1.165, 1.54) is 0 Å². The third-order valence-electron chi connectivity index (χ3n) is 5.45. The number of hydrogen-bond donors (Lipinski definition) is 2. The van der Waals surface area contributed by atoms with Gasteiger partial charge in [-0.05, 0) is 43.5 Å². The van der Waals surface area contributed by atoms with Gasteiger partial charge in [0.25, 0.3) is 5.91 Å². The van der Waals surface area contributed by atoms with Gasteiger partial charge in [0.1, 0.15) is 17.4 Å². The van der Waals surface area contributed by atoms with Gasteiger partial charge < -0.3 is 19.6 Å². The minimum Gasteiger partial charge on any atom is -0.483 e. The van der Waals surface area contributed by atoms with Gasteiger partial charge in [-0.2, -0.15) is 0 Å². The standard InChI is InChI=1S/C25H27NO6/c1-4-8-20(24(28)29)26-22(27)14-31-21-12-11-18-15(2)19(13-17-9-6-5-7-10-17)25(30)32-23(18)16(21)3/h5-7,9-12,20H,4,8,13-14H2,1-3H3,(H,26,27)(H,28,29). The summed E-state index contributed by atoms with van der Waals surface area (Å²) in [6, 6.07) is 12.3. The van der Waals surface area contributed by atoms with E-state index in [4.69, 9.17) is 9.15 Å². The summed E-state index contributed by atoms with van der Waals surface area (Å²) in [5.41, 5.74) is 3.08. The molecule has 1 aromatic heterocycles. The van der Waals surface area contributed by atoms with Crippen molar-refractivity contribution in [1.82, 2.24) is 5.32 Å². The number of nitrogens with one attached hydrogen (secondary N) is 1. The Bertz CT molecular complexity index is 1180. The molecule has 0 aliphatic carbocycles. The van der Waals surface area contributed by atoms with Crippen LogP contribution in [0.3, 0.4) is 0 Å². The number of carboxylic acids is 1. The van der Waals surface area contributed by atoms with Gasteiger partial charge in [0, 0.05) is 22.9 Å². The Morgan fingerprint density at radius 2 is 1.81 bits per heavy atom. The Morgan fingerprint density at radius 1 is 1.09 bits per heavy atom. The van der Waals surface area contributed by atoms with Crippen molar-refractivity contribution in [1.29, 1.82) is 0 Å². The minimum atomic E-state index is -1.08. The number of amides is 1. The summed E-state index contributed by atoms with van der Waals surface area (Å²) < 4.78 is 11.2. The highest BCUT2D eigenvalue weighted by atomic mass is 16.5. The van der Waals surface area contributed by atoms with Crippen molar-refractivity contribution in [2.75, 3.05) is 6.61 Å². The van der Waals surface area contributed by atoms with E-state index in [9.17, 15) is 19.5 Å². The maximum Gasteiger partial charge on any atom is 0.340 e. The van der Waals surface area contributed by atoms with Crippen molar-refractivity contribution in [2.45, 2.75) is 46.1 Å². The minimum absolute atomic E-state index is 0.338. The molecule has 0 bridgehead atoms. The molecule has 2 aromatic carbocycles. The molecule has 168 valence electrons. The van der Waals surface area contributed by atoms with Crippen LogP contribution in [0.15, 0.2) is 51.7 Å². The Kier molecular flexibility index (Phi) is 7.30. The Hall–Kier alpha value is -3.61. The van der Waals surface area contributed by atoms with Crippen molar-refractivity contribution >= 4 is 22.8 Å². The second-order valence-corrected chi connectivity index (χ2v) is 7.76. The monoisotopic (exact) mass is 437 g/mol. The normalized spacial score (nSPS) is 11.8. The number of carbonyl (C=O) groups excluding carboxylic acids is 1. The average Bonchev–Trinajstić information content (AvgIpc) is 2.77. The van der Waals surface area contributed by atoms with E-state index in [2.05, 4.69) is 5.32 Å². The second-order valence-electron chi connectivity index (χ2n) is 7.76. The summed E-state index contributed by atoms with van der Waals surface area (Å²) in [7, 11) is 0. The quantitative estimate of drug-likeness (QED) is 0.494. The first-order chi connectivity index (χ1) is 15.3. The number of aliphatic carboxylic acids is 1. The van der Waals surface area contributed by atoms with Gasteiger partial charge in [-0.3, -0.25) is 4.79 Å². The Balaban J connectivity index is 1.81. The van der Waals surface area contributed by atoms with Crippen LogP contribution >= 0.6 is 0 Å². The molecule has 3 aromatic rings. The molecule has 0 fully saturated rings. The maximum absolute atomic E-state index is 12.7. The van der Waals surface area contributed by atoms with Crippen LogP contribution in [0.25, 0.3) is 11.0 Å². The zero-order valence-electron chi connectivity index (χ0n) is 18.4. The van der Waals surface area contributed by atoms with Crippen molar-refractivity contribution in [3.8, 4) is 5.75 Å². The highest BCUT2D eigenvalue weighted by Crippen LogP contribution is 2.30. The number of ether oxygens (including phenoxy) is 1. The summed E-state index contributed by atoms with van der Waals surface area (Å²) in [5, 5.41) is 12.4. The molecule has 1 atom stereocenters. The molecule has 0 aliphatic heterocycles. The van der Waals surface area contributed by atoms with E-state index in [0.717, 1.165) is 16.5 Å². The Morgan fingerprint density at radius 3 is 2.47 bits per heavy atom. The molecule has 0 aliphatic rings. The van der Waals surface area contributed by atoms with Crippen molar-refractivity contribution < 1.29 is 23.8 Å².